The summed E-state index contributed by atoms with van der Waals surface area (Å²) in [7, 11) is 0. The monoisotopic (exact) mass is 259 g/mol. The molecule has 0 unspecified atom stereocenters. The van der Waals surface area contributed by atoms with Crippen LogP contribution in [0.2, 0.25) is 0 Å². The van der Waals surface area contributed by atoms with Crippen LogP contribution in [0, 0.1) is 0 Å². The van der Waals surface area contributed by atoms with Crippen LogP contribution in [0.5, 0.6) is 5.75 Å². The summed E-state index contributed by atoms with van der Waals surface area (Å²) < 4.78 is 11.4. The molecule has 0 aliphatic rings. The molecule has 0 saturated carbocycles. The zero-order valence-electron chi connectivity index (χ0n) is 11.6. The first-order valence-electron chi connectivity index (χ1n) is 6.81. The molecule has 1 aromatic heterocycles. The third kappa shape index (κ3) is 3.61. The number of benzene rings is 1. The molecule has 2 aromatic rings. The summed E-state index contributed by atoms with van der Waals surface area (Å²) >= 11 is 0. The van der Waals surface area contributed by atoms with Crippen molar-refractivity contribution in [2.75, 3.05) is 6.54 Å². The Hall–Kier alpha value is -1.74. The van der Waals surface area contributed by atoms with Crippen LogP contribution in [0.25, 0.3) is 0 Å². The van der Waals surface area contributed by atoms with E-state index in [1.54, 1.807) is 6.26 Å². The van der Waals surface area contributed by atoms with Gasteiger partial charge in [-0.15, -0.1) is 0 Å². The minimum atomic E-state index is 0.550. The van der Waals surface area contributed by atoms with Crippen molar-refractivity contribution < 1.29 is 9.15 Å². The Labute approximate surface area is 114 Å². The summed E-state index contributed by atoms with van der Waals surface area (Å²) in [5, 5.41) is 3.26. The van der Waals surface area contributed by atoms with Crippen LogP contribution in [-0.4, -0.2) is 6.54 Å². The van der Waals surface area contributed by atoms with Gasteiger partial charge in [0.05, 0.1) is 12.8 Å². The molecule has 0 aliphatic carbocycles. The Morgan fingerprint density at radius 2 is 1.95 bits per heavy atom. The average Bonchev–Trinajstić information content (AvgIpc) is 2.90. The van der Waals surface area contributed by atoms with Gasteiger partial charge in [0.2, 0.25) is 0 Å². The summed E-state index contributed by atoms with van der Waals surface area (Å²) in [6.45, 7) is 6.44. The molecule has 0 amide bonds. The Bertz CT molecular complexity index is 505. The van der Waals surface area contributed by atoms with Crippen molar-refractivity contribution in [2.24, 2.45) is 0 Å². The van der Waals surface area contributed by atoms with Crippen molar-refractivity contribution in [2.45, 2.75) is 33.4 Å². The molecule has 2 rings (SSSR count). The van der Waals surface area contributed by atoms with E-state index in [0.717, 1.165) is 36.6 Å². The molecule has 102 valence electrons. The van der Waals surface area contributed by atoms with Crippen molar-refractivity contribution >= 4 is 0 Å². The minimum absolute atomic E-state index is 0.550. The van der Waals surface area contributed by atoms with Crippen LogP contribution >= 0.6 is 0 Å². The summed E-state index contributed by atoms with van der Waals surface area (Å²) in [5.74, 6) is 1.91. The molecule has 0 bridgehead atoms. The van der Waals surface area contributed by atoms with E-state index >= 15 is 0 Å². The highest BCUT2D eigenvalue weighted by Gasteiger charge is 2.07. The van der Waals surface area contributed by atoms with Crippen molar-refractivity contribution in [3.05, 3.63) is 53.5 Å². The zero-order chi connectivity index (χ0) is 13.5. The van der Waals surface area contributed by atoms with Crippen LogP contribution < -0.4 is 10.1 Å². The van der Waals surface area contributed by atoms with E-state index in [-0.39, 0.29) is 0 Å². The fraction of sp³-hybridized carbons (Fsp3) is 0.375. The summed E-state index contributed by atoms with van der Waals surface area (Å²) in [4.78, 5) is 0. The molecule has 0 radical (unpaired) electrons. The number of hydrogen-bond acceptors (Lipinski definition) is 3. The third-order valence-electron chi connectivity index (χ3n) is 3.11. The highest BCUT2D eigenvalue weighted by molar-refractivity contribution is 5.33. The predicted molar refractivity (Wildman–Crippen MR) is 76.2 cm³/mol. The fourth-order valence-corrected chi connectivity index (χ4v) is 1.98. The normalized spacial score (nSPS) is 10.6. The van der Waals surface area contributed by atoms with Crippen LogP contribution in [0.4, 0.5) is 0 Å². The minimum Gasteiger partial charge on any atom is -0.488 e. The maximum absolute atomic E-state index is 5.91. The van der Waals surface area contributed by atoms with Crippen LogP contribution in [0.15, 0.2) is 41.0 Å². The molecule has 0 atom stereocenters. The molecule has 0 fully saturated rings. The lowest BCUT2D eigenvalue weighted by molar-refractivity contribution is 0.298. The van der Waals surface area contributed by atoms with E-state index in [1.807, 2.05) is 24.3 Å². The standard InChI is InChI=1S/C16H21NO2/c1-3-13-7-5-6-8-15(13)19-12-14-9-10-18-16(14)11-17-4-2/h5-10,17H,3-4,11-12H2,1-2H3. The van der Waals surface area contributed by atoms with Gasteiger partial charge in [0.25, 0.3) is 0 Å². The first-order chi connectivity index (χ1) is 9.35. The van der Waals surface area contributed by atoms with Crippen molar-refractivity contribution in [3.8, 4) is 5.75 Å². The lowest BCUT2D eigenvalue weighted by Crippen LogP contribution is -2.12. The van der Waals surface area contributed by atoms with Crippen LogP contribution in [0.1, 0.15) is 30.7 Å². The quantitative estimate of drug-likeness (QED) is 0.826. The van der Waals surface area contributed by atoms with Gasteiger partial charge in [0.1, 0.15) is 18.1 Å². The van der Waals surface area contributed by atoms with Gasteiger partial charge in [-0.25, -0.2) is 0 Å². The van der Waals surface area contributed by atoms with E-state index in [9.17, 15) is 0 Å². The van der Waals surface area contributed by atoms with E-state index in [0.29, 0.717) is 6.61 Å². The zero-order valence-corrected chi connectivity index (χ0v) is 11.6. The fourth-order valence-electron chi connectivity index (χ4n) is 1.98. The molecule has 1 aromatic carbocycles. The van der Waals surface area contributed by atoms with E-state index in [2.05, 4.69) is 25.2 Å². The third-order valence-corrected chi connectivity index (χ3v) is 3.11. The molecule has 19 heavy (non-hydrogen) atoms. The van der Waals surface area contributed by atoms with Crippen molar-refractivity contribution in [1.82, 2.24) is 5.32 Å². The first kappa shape index (κ1) is 13.7. The molecular weight excluding hydrogens is 238 g/mol. The number of rotatable bonds is 7. The number of nitrogens with one attached hydrogen (secondary N) is 1. The maximum Gasteiger partial charge on any atom is 0.124 e. The van der Waals surface area contributed by atoms with E-state index < -0.39 is 0 Å². The Morgan fingerprint density at radius 1 is 1.11 bits per heavy atom. The molecule has 3 nitrogen and oxygen atoms in total. The van der Waals surface area contributed by atoms with Gasteiger partial charge < -0.3 is 14.5 Å². The summed E-state index contributed by atoms with van der Waals surface area (Å²) in [6.07, 6.45) is 2.70. The SMILES string of the molecule is CCNCc1occc1COc1ccccc1CC. The number of hydrogen-bond donors (Lipinski definition) is 1. The topological polar surface area (TPSA) is 34.4 Å². The van der Waals surface area contributed by atoms with E-state index in [1.165, 1.54) is 5.56 Å². The van der Waals surface area contributed by atoms with Gasteiger partial charge in [0.15, 0.2) is 0 Å². The first-order valence-corrected chi connectivity index (χ1v) is 6.81. The van der Waals surface area contributed by atoms with Crippen molar-refractivity contribution in [1.29, 1.82) is 0 Å². The van der Waals surface area contributed by atoms with E-state index in [4.69, 9.17) is 9.15 Å². The molecule has 0 saturated heterocycles. The second-order valence-corrected chi connectivity index (χ2v) is 4.40. The van der Waals surface area contributed by atoms with Crippen molar-refractivity contribution in [3.63, 3.8) is 0 Å². The number of furan rings is 1. The van der Waals surface area contributed by atoms with Gasteiger partial charge >= 0.3 is 0 Å². The Morgan fingerprint density at radius 3 is 2.74 bits per heavy atom. The van der Waals surface area contributed by atoms with Gasteiger partial charge in [0, 0.05) is 5.56 Å². The van der Waals surface area contributed by atoms with Gasteiger partial charge in [-0.2, -0.15) is 0 Å². The molecule has 0 aliphatic heterocycles. The van der Waals surface area contributed by atoms with Crippen LogP contribution in [-0.2, 0) is 19.6 Å². The predicted octanol–water partition coefficient (Wildman–Crippen LogP) is 3.53. The van der Waals surface area contributed by atoms with Gasteiger partial charge in [-0.3, -0.25) is 0 Å². The maximum atomic E-state index is 5.91. The van der Waals surface area contributed by atoms with Gasteiger partial charge in [-0.05, 0) is 30.7 Å². The largest absolute Gasteiger partial charge is 0.488 e. The molecular formula is C16H21NO2. The lowest BCUT2D eigenvalue weighted by atomic mass is 10.1. The highest BCUT2D eigenvalue weighted by atomic mass is 16.5. The highest BCUT2D eigenvalue weighted by Crippen LogP contribution is 2.21. The number of para-hydroxylation sites is 1. The second kappa shape index (κ2) is 7.00. The average molecular weight is 259 g/mol. The second-order valence-electron chi connectivity index (χ2n) is 4.40. The molecule has 0 spiro atoms. The Kier molecular flexibility index (Phi) is 5.04. The smallest absolute Gasteiger partial charge is 0.124 e. The van der Waals surface area contributed by atoms with Crippen LogP contribution in [0.3, 0.4) is 0 Å². The number of aryl methyl sites for hydroxylation is 1. The molecule has 1 heterocycles. The summed E-state index contributed by atoms with van der Waals surface area (Å²) in [5.41, 5.74) is 2.34. The van der Waals surface area contributed by atoms with Gasteiger partial charge in [-0.1, -0.05) is 32.0 Å². The molecule has 3 heteroatoms. The number of ether oxygens (including phenoxy) is 1. The lowest BCUT2D eigenvalue weighted by Gasteiger charge is -2.10. The summed E-state index contributed by atoms with van der Waals surface area (Å²) in [6, 6.07) is 10.1. The molecule has 1 N–H and O–H groups in total. The Balaban J connectivity index is 2.00.